The number of quaternary nitrogens is 1. The predicted molar refractivity (Wildman–Crippen MR) is 78.7 cm³/mol. The Morgan fingerprint density at radius 1 is 0.750 bits per heavy atom. The molecule has 0 amide bonds. The second-order valence-electron chi connectivity index (χ2n) is 4.47. The summed E-state index contributed by atoms with van der Waals surface area (Å²) >= 11 is 2.48. The van der Waals surface area contributed by atoms with Gasteiger partial charge < -0.3 is 28.5 Å². The Kier molecular flexibility index (Phi) is 15.9. The quantitative estimate of drug-likeness (QED) is 0.202. The van der Waals surface area contributed by atoms with Gasteiger partial charge in [-0.15, -0.1) is 0 Å². The molecule has 0 aromatic carbocycles. The molecule has 1 nitrogen and oxygen atoms in total. The molecule has 0 radical (unpaired) electrons. The fraction of sp³-hybridized carbons (Fsp3) is 1.00. The fourth-order valence-corrected chi connectivity index (χ4v) is 2.76. The van der Waals surface area contributed by atoms with E-state index in [0.717, 1.165) is 0 Å². The van der Waals surface area contributed by atoms with Crippen molar-refractivity contribution in [3.63, 3.8) is 0 Å². The molecule has 0 N–H and O–H groups in total. The van der Waals surface area contributed by atoms with E-state index in [2.05, 4.69) is 43.4 Å². The van der Waals surface area contributed by atoms with Gasteiger partial charge in [-0.3, -0.25) is 0 Å². The van der Waals surface area contributed by atoms with Gasteiger partial charge >= 0.3 is 0 Å². The molecule has 0 unspecified atom stereocenters. The van der Waals surface area contributed by atoms with Crippen LogP contribution in [0.2, 0.25) is 0 Å². The zero-order valence-electron chi connectivity index (χ0n) is 11.3. The van der Waals surface area contributed by atoms with Crippen LogP contribution in [0.25, 0.3) is 0 Å². The summed E-state index contributed by atoms with van der Waals surface area (Å²) in [5.74, 6) is 0. The van der Waals surface area contributed by atoms with Crippen molar-refractivity contribution in [3.05, 3.63) is 0 Å². The molecule has 0 saturated heterocycles. The molecule has 0 aliphatic heterocycles. The molecule has 0 aliphatic carbocycles. The van der Waals surface area contributed by atoms with Gasteiger partial charge in [0.25, 0.3) is 0 Å². The van der Waals surface area contributed by atoms with Crippen LogP contribution in [0, 0.1) is 0 Å². The van der Waals surface area contributed by atoms with E-state index >= 15 is 0 Å². The fourth-order valence-electron chi connectivity index (χ4n) is 2.22. The Balaban J connectivity index is 0. The smallest absolute Gasteiger partial charge is 0.0786 e. The van der Waals surface area contributed by atoms with E-state index < -0.39 is 0 Å². The van der Waals surface area contributed by atoms with Crippen LogP contribution in [0.4, 0.5) is 0 Å². The Morgan fingerprint density at radius 2 is 1.19 bits per heavy atom. The number of halogens is 2. The van der Waals surface area contributed by atoms with Crippen molar-refractivity contribution in [1.82, 2.24) is 0 Å². The monoisotopic (exact) mass is 453 g/mol. The van der Waals surface area contributed by atoms with Gasteiger partial charge in [0.2, 0.25) is 0 Å². The lowest BCUT2D eigenvalue weighted by Gasteiger charge is -2.35. The van der Waals surface area contributed by atoms with Crippen LogP contribution in [0.1, 0.15) is 52.9 Å². The number of hydrogen-bond donors (Lipinski definition) is 0. The maximum Gasteiger partial charge on any atom is 0.0786 e. The minimum Gasteiger partial charge on any atom is -1.00 e. The average molecular weight is 453 g/mol. The number of hydrogen-bond acceptors (Lipinski definition) is 0. The van der Waals surface area contributed by atoms with Crippen LogP contribution >= 0.6 is 22.6 Å². The molecule has 0 aliphatic rings. The van der Waals surface area contributed by atoms with Crippen LogP contribution in [0.15, 0.2) is 0 Å². The van der Waals surface area contributed by atoms with E-state index in [1.165, 1.54) is 67.2 Å². The van der Waals surface area contributed by atoms with Crippen molar-refractivity contribution in [1.29, 1.82) is 0 Å². The minimum absolute atomic E-state index is 0. The summed E-state index contributed by atoms with van der Waals surface area (Å²) in [7, 11) is 0. The molecule has 3 heteroatoms. The van der Waals surface area contributed by atoms with E-state index in [1.807, 2.05) is 0 Å². The molecule has 0 atom stereocenters. The number of nitrogens with zero attached hydrogens (tertiary/aromatic N) is 1. The zero-order valence-corrected chi connectivity index (χ0v) is 15.6. The van der Waals surface area contributed by atoms with E-state index in [4.69, 9.17) is 0 Å². The largest absolute Gasteiger partial charge is 1.00 e. The van der Waals surface area contributed by atoms with Crippen molar-refractivity contribution in [3.8, 4) is 0 Å². The Bertz CT molecular complexity index is 128. The van der Waals surface area contributed by atoms with Gasteiger partial charge in [0.15, 0.2) is 0 Å². The minimum atomic E-state index is 0. The third-order valence-corrected chi connectivity index (χ3v) is 4.54. The lowest BCUT2D eigenvalue weighted by atomic mass is 10.1. The van der Waals surface area contributed by atoms with Crippen LogP contribution in [-0.2, 0) is 0 Å². The molecule has 0 spiro atoms. The topological polar surface area (TPSA) is 0 Å². The summed E-state index contributed by atoms with van der Waals surface area (Å²) in [4.78, 5) is 0. The molecular weight excluding hydrogens is 424 g/mol. The molecule has 0 heterocycles. The molecule has 0 aromatic heterocycles. The van der Waals surface area contributed by atoms with Crippen LogP contribution in [0.3, 0.4) is 0 Å². The summed E-state index contributed by atoms with van der Waals surface area (Å²) in [6.07, 6.45) is 7.16. The van der Waals surface area contributed by atoms with Gasteiger partial charge in [-0.05, 0) is 44.5 Å². The van der Waals surface area contributed by atoms with Gasteiger partial charge in [0, 0.05) is 0 Å². The van der Waals surface area contributed by atoms with Crippen LogP contribution in [-0.4, -0.2) is 35.1 Å². The van der Waals surface area contributed by atoms with Crippen LogP contribution in [0.5, 0.6) is 0 Å². The van der Waals surface area contributed by atoms with E-state index in [0.29, 0.717) is 0 Å². The summed E-state index contributed by atoms with van der Waals surface area (Å²) in [5.41, 5.74) is 0. The first-order chi connectivity index (χ1) is 7.24. The molecule has 0 saturated carbocycles. The highest BCUT2D eigenvalue weighted by Gasteiger charge is 2.19. The standard InChI is InChI=1S/C13H29IN.HI/c1-4-15(5-2,6-3)13-11-9-7-8-10-12-14;/h4-13H2,1-3H3;1H/q+1;/p-1. The van der Waals surface area contributed by atoms with E-state index in [9.17, 15) is 0 Å². The Labute approximate surface area is 133 Å². The lowest BCUT2D eigenvalue weighted by molar-refractivity contribution is -0.923. The normalized spacial score (nSPS) is 11.2. The molecule has 16 heavy (non-hydrogen) atoms. The first kappa shape index (κ1) is 19.8. The number of alkyl halides is 1. The van der Waals surface area contributed by atoms with E-state index in [-0.39, 0.29) is 24.0 Å². The summed E-state index contributed by atoms with van der Waals surface area (Å²) in [5, 5.41) is 0. The van der Waals surface area contributed by atoms with E-state index in [1.54, 1.807) is 0 Å². The van der Waals surface area contributed by atoms with Gasteiger partial charge in [-0.2, -0.15) is 0 Å². The second kappa shape index (κ2) is 12.9. The predicted octanol–water partition coefficient (Wildman–Crippen LogP) is 1.25. The lowest BCUT2D eigenvalue weighted by Crippen LogP contribution is -3.00. The molecule has 0 bridgehead atoms. The SMILES string of the molecule is CC[N+](CC)(CC)CCCCCCCI.[I-]. The summed E-state index contributed by atoms with van der Waals surface area (Å²) in [6, 6.07) is 0. The summed E-state index contributed by atoms with van der Waals surface area (Å²) in [6.45, 7) is 12.3. The molecular formula is C13H29I2N. The maximum absolute atomic E-state index is 2.48. The van der Waals surface area contributed by atoms with Crippen molar-refractivity contribution in [2.24, 2.45) is 0 Å². The van der Waals surface area contributed by atoms with Crippen molar-refractivity contribution in [2.45, 2.75) is 52.9 Å². The van der Waals surface area contributed by atoms with Crippen molar-refractivity contribution in [2.75, 3.05) is 30.6 Å². The Morgan fingerprint density at radius 3 is 1.62 bits per heavy atom. The highest BCUT2D eigenvalue weighted by Crippen LogP contribution is 2.11. The maximum atomic E-state index is 2.48. The summed E-state index contributed by atoms with van der Waals surface area (Å²) < 4.78 is 2.66. The Hall–Kier alpha value is 1.42. The highest BCUT2D eigenvalue weighted by molar-refractivity contribution is 14.1. The molecule has 100 valence electrons. The highest BCUT2D eigenvalue weighted by atomic mass is 127. The van der Waals surface area contributed by atoms with Crippen LogP contribution < -0.4 is 24.0 Å². The number of rotatable bonds is 10. The van der Waals surface area contributed by atoms with Crippen molar-refractivity contribution < 1.29 is 28.5 Å². The molecule has 0 aromatic rings. The van der Waals surface area contributed by atoms with Crippen molar-refractivity contribution >= 4 is 22.6 Å². The first-order valence-corrected chi connectivity index (χ1v) is 8.18. The van der Waals surface area contributed by atoms with Gasteiger partial charge in [0.1, 0.15) is 0 Å². The zero-order chi connectivity index (χ0) is 11.6. The van der Waals surface area contributed by atoms with Gasteiger partial charge in [-0.1, -0.05) is 35.4 Å². The van der Waals surface area contributed by atoms with Gasteiger partial charge in [-0.25, -0.2) is 0 Å². The molecule has 0 rings (SSSR count). The number of unbranched alkanes of at least 4 members (excludes halogenated alkanes) is 4. The first-order valence-electron chi connectivity index (χ1n) is 6.65. The average Bonchev–Trinajstić information content (AvgIpc) is 2.29. The third kappa shape index (κ3) is 8.50. The van der Waals surface area contributed by atoms with Gasteiger partial charge in [0.05, 0.1) is 26.2 Å². The third-order valence-electron chi connectivity index (χ3n) is 3.78. The molecule has 0 fully saturated rings. The second-order valence-corrected chi connectivity index (χ2v) is 5.55.